The summed E-state index contributed by atoms with van der Waals surface area (Å²) in [4.78, 5) is 7.91. The van der Waals surface area contributed by atoms with E-state index in [1.54, 1.807) is 0 Å². The van der Waals surface area contributed by atoms with E-state index in [2.05, 4.69) is 70.6 Å². The number of aromatic amines is 1. The molecular weight excluding hydrogens is 310 g/mol. The van der Waals surface area contributed by atoms with E-state index in [0.29, 0.717) is 13.2 Å². The molecule has 2 aromatic heterocycles. The van der Waals surface area contributed by atoms with Gasteiger partial charge in [-0.1, -0.05) is 30.3 Å². The van der Waals surface area contributed by atoms with Crippen molar-refractivity contribution in [1.29, 1.82) is 0 Å². The summed E-state index contributed by atoms with van der Waals surface area (Å²) in [5.41, 5.74) is 5.65. The van der Waals surface area contributed by atoms with Crippen LogP contribution < -0.4 is 0 Å². The molecule has 0 aliphatic heterocycles. The third-order valence-corrected chi connectivity index (χ3v) is 4.38. The number of imidazole rings is 1. The van der Waals surface area contributed by atoms with Crippen molar-refractivity contribution in [3.8, 4) is 0 Å². The molecule has 25 heavy (non-hydrogen) atoms. The lowest BCUT2D eigenvalue weighted by molar-refractivity contribution is 0.103. The maximum Gasteiger partial charge on any atom is 0.133 e. The molecule has 4 heteroatoms. The smallest absolute Gasteiger partial charge is 0.133 e. The van der Waals surface area contributed by atoms with Gasteiger partial charge >= 0.3 is 0 Å². The Labute approximate surface area is 146 Å². The number of hydrogen-bond donors (Lipinski definition) is 1. The second-order valence-electron chi connectivity index (χ2n) is 6.31. The number of ether oxygens (including phenoxy) is 1. The Morgan fingerprint density at radius 1 is 1.20 bits per heavy atom. The first-order valence-electron chi connectivity index (χ1n) is 8.45. The molecule has 0 amide bonds. The SMILES string of the molecule is C=CCn1cc(COCc2nc3ccc(C)cc3[nH]2)c2ccccc21. The lowest BCUT2D eigenvalue weighted by atomic mass is 10.2. The van der Waals surface area contributed by atoms with Gasteiger partial charge in [-0.15, -0.1) is 6.58 Å². The Kier molecular flexibility index (Phi) is 4.12. The van der Waals surface area contributed by atoms with Gasteiger partial charge in [0.1, 0.15) is 12.4 Å². The zero-order chi connectivity index (χ0) is 17.2. The van der Waals surface area contributed by atoms with Crippen LogP contribution in [0.2, 0.25) is 0 Å². The molecule has 2 aromatic carbocycles. The van der Waals surface area contributed by atoms with Gasteiger partial charge < -0.3 is 14.3 Å². The van der Waals surface area contributed by atoms with Gasteiger partial charge in [-0.05, 0) is 30.7 Å². The van der Waals surface area contributed by atoms with E-state index in [0.717, 1.165) is 23.4 Å². The van der Waals surface area contributed by atoms with Crippen molar-refractivity contribution in [2.24, 2.45) is 0 Å². The van der Waals surface area contributed by atoms with Crippen LogP contribution in [0.4, 0.5) is 0 Å². The van der Waals surface area contributed by atoms with Gasteiger partial charge in [-0.25, -0.2) is 4.98 Å². The second-order valence-corrected chi connectivity index (χ2v) is 6.31. The van der Waals surface area contributed by atoms with Crippen LogP contribution in [0.25, 0.3) is 21.9 Å². The Balaban J connectivity index is 1.51. The fourth-order valence-corrected chi connectivity index (χ4v) is 3.23. The number of para-hydroxylation sites is 1. The van der Waals surface area contributed by atoms with Crippen molar-refractivity contribution in [3.05, 3.63) is 78.3 Å². The fourth-order valence-electron chi connectivity index (χ4n) is 3.23. The van der Waals surface area contributed by atoms with Crippen LogP contribution in [-0.2, 0) is 24.5 Å². The zero-order valence-corrected chi connectivity index (χ0v) is 14.3. The summed E-state index contributed by atoms with van der Waals surface area (Å²) in [5, 5.41) is 1.23. The number of aryl methyl sites for hydroxylation is 1. The first kappa shape index (κ1) is 15.7. The summed E-state index contributed by atoms with van der Waals surface area (Å²) in [7, 11) is 0. The van der Waals surface area contributed by atoms with Crippen molar-refractivity contribution in [2.45, 2.75) is 26.7 Å². The van der Waals surface area contributed by atoms with Gasteiger partial charge in [0.15, 0.2) is 0 Å². The number of allylic oxidation sites excluding steroid dienone is 1. The van der Waals surface area contributed by atoms with Crippen LogP contribution in [0.3, 0.4) is 0 Å². The molecule has 0 bridgehead atoms. The third-order valence-electron chi connectivity index (χ3n) is 4.38. The predicted molar refractivity (Wildman–Crippen MR) is 101 cm³/mol. The lowest BCUT2D eigenvalue weighted by Crippen LogP contribution is -1.96. The fraction of sp³-hybridized carbons (Fsp3) is 0.190. The molecular formula is C21H21N3O. The molecule has 0 atom stereocenters. The summed E-state index contributed by atoms with van der Waals surface area (Å²) in [6.07, 6.45) is 4.06. The number of benzene rings is 2. The standard InChI is InChI=1S/C21H21N3O/c1-3-10-24-12-16(17-6-4-5-7-20(17)24)13-25-14-21-22-18-9-8-15(2)11-19(18)23-21/h3-9,11-12H,1,10,13-14H2,2H3,(H,22,23). The Hall–Kier alpha value is -2.85. The average Bonchev–Trinajstić information content (AvgIpc) is 3.17. The number of nitrogens with one attached hydrogen (secondary N) is 1. The van der Waals surface area contributed by atoms with Gasteiger partial charge in [-0.3, -0.25) is 0 Å². The lowest BCUT2D eigenvalue weighted by Gasteiger charge is -2.01. The molecule has 0 aliphatic carbocycles. The van der Waals surface area contributed by atoms with Crippen molar-refractivity contribution >= 4 is 21.9 Å². The van der Waals surface area contributed by atoms with Crippen molar-refractivity contribution in [1.82, 2.24) is 14.5 Å². The van der Waals surface area contributed by atoms with Gasteiger partial charge in [0.05, 0.1) is 17.6 Å². The highest BCUT2D eigenvalue weighted by molar-refractivity contribution is 5.83. The molecule has 2 heterocycles. The largest absolute Gasteiger partial charge is 0.369 e. The Morgan fingerprint density at radius 2 is 2.08 bits per heavy atom. The Morgan fingerprint density at radius 3 is 2.96 bits per heavy atom. The minimum atomic E-state index is 0.467. The monoisotopic (exact) mass is 331 g/mol. The molecule has 0 spiro atoms. The molecule has 0 unspecified atom stereocenters. The molecule has 0 fully saturated rings. The van der Waals surface area contributed by atoms with E-state index >= 15 is 0 Å². The summed E-state index contributed by atoms with van der Waals surface area (Å²) < 4.78 is 8.13. The van der Waals surface area contributed by atoms with E-state index in [4.69, 9.17) is 4.74 Å². The van der Waals surface area contributed by atoms with Crippen LogP contribution in [0, 0.1) is 6.92 Å². The quantitative estimate of drug-likeness (QED) is 0.519. The van der Waals surface area contributed by atoms with E-state index in [1.807, 2.05) is 12.1 Å². The topological polar surface area (TPSA) is 42.8 Å². The third kappa shape index (κ3) is 3.08. The first-order chi connectivity index (χ1) is 12.2. The number of aromatic nitrogens is 3. The summed E-state index contributed by atoms with van der Waals surface area (Å²) in [5.74, 6) is 0.857. The van der Waals surface area contributed by atoms with Crippen LogP contribution >= 0.6 is 0 Å². The van der Waals surface area contributed by atoms with Gasteiger partial charge in [0.2, 0.25) is 0 Å². The van der Waals surface area contributed by atoms with Crippen LogP contribution in [0.5, 0.6) is 0 Å². The number of H-pyrrole nitrogens is 1. The first-order valence-corrected chi connectivity index (χ1v) is 8.45. The molecule has 4 nitrogen and oxygen atoms in total. The average molecular weight is 331 g/mol. The molecule has 0 saturated carbocycles. The van der Waals surface area contributed by atoms with Crippen molar-refractivity contribution < 1.29 is 4.74 Å². The van der Waals surface area contributed by atoms with Crippen LogP contribution in [-0.4, -0.2) is 14.5 Å². The number of rotatable bonds is 6. The summed E-state index contributed by atoms with van der Waals surface area (Å²) in [6.45, 7) is 7.73. The van der Waals surface area contributed by atoms with Crippen LogP contribution in [0.1, 0.15) is 17.0 Å². The highest BCUT2D eigenvalue weighted by Crippen LogP contribution is 2.22. The highest BCUT2D eigenvalue weighted by Gasteiger charge is 2.08. The van der Waals surface area contributed by atoms with Crippen molar-refractivity contribution in [3.63, 3.8) is 0 Å². The molecule has 0 saturated heterocycles. The normalized spacial score (nSPS) is 11.4. The number of fused-ring (bicyclic) bond motifs is 2. The molecule has 4 aromatic rings. The number of hydrogen-bond acceptors (Lipinski definition) is 2. The van der Waals surface area contributed by atoms with E-state index < -0.39 is 0 Å². The highest BCUT2D eigenvalue weighted by atomic mass is 16.5. The molecule has 1 N–H and O–H groups in total. The molecule has 0 aliphatic rings. The molecule has 0 radical (unpaired) electrons. The molecule has 126 valence electrons. The van der Waals surface area contributed by atoms with Crippen LogP contribution in [0.15, 0.2) is 61.3 Å². The second kappa shape index (κ2) is 6.57. The minimum Gasteiger partial charge on any atom is -0.369 e. The summed E-state index contributed by atoms with van der Waals surface area (Å²) >= 11 is 0. The number of nitrogens with zero attached hydrogens (tertiary/aromatic N) is 2. The Bertz CT molecular complexity index is 1040. The van der Waals surface area contributed by atoms with E-state index in [-0.39, 0.29) is 0 Å². The van der Waals surface area contributed by atoms with Gasteiger partial charge in [0.25, 0.3) is 0 Å². The van der Waals surface area contributed by atoms with Crippen molar-refractivity contribution in [2.75, 3.05) is 0 Å². The van der Waals surface area contributed by atoms with E-state index in [1.165, 1.54) is 22.0 Å². The zero-order valence-electron chi connectivity index (χ0n) is 14.3. The maximum absolute atomic E-state index is 5.93. The van der Waals surface area contributed by atoms with Gasteiger partial charge in [0, 0.05) is 29.2 Å². The minimum absolute atomic E-state index is 0.467. The summed E-state index contributed by atoms with van der Waals surface area (Å²) in [6, 6.07) is 14.6. The molecule has 4 rings (SSSR count). The maximum atomic E-state index is 5.93. The van der Waals surface area contributed by atoms with Gasteiger partial charge in [-0.2, -0.15) is 0 Å². The predicted octanol–water partition coefficient (Wildman–Crippen LogP) is 4.73. The van der Waals surface area contributed by atoms with E-state index in [9.17, 15) is 0 Å².